The Kier molecular flexibility index (Phi) is 4.42. The number of anilines is 1. The second kappa shape index (κ2) is 6.64. The van der Waals surface area contributed by atoms with E-state index in [4.69, 9.17) is 9.47 Å². The van der Waals surface area contributed by atoms with E-state index in [0.29, 0.717) is 11.9 Å². The van der Waals surface area contributed by atoms with Gasteiger partial charge in [0.2, 0.25) is 5.88 Å². The molecule has 2 atom stereocenters. The highest BCUT2D eigenvalue weighted by molar-refractivity contribution is 5.47. The largest absolute Gasteiger partial charge is 0.490 e. The van der Waals surface area contributed by atoms with Gasteiger partial charge in [0.05, 0.1) is 19.0 Å². The molecule has 22 heavy (non-hydrogen) atoms. The molecule has 0 N–H and O–H groups in total. The van der Waals surface area contributed by atoms with Crippen molar-refractivity contribution >= 4 is 5.69 Å². The number of aromatic nitrogens is 2. The van der Waals surface area contributed by atoms with Gasteiger partial charge in [0.1, 0.15) is 11.9 Å². The van der Waals surface area contributed by atoms with Gasteiger partial charge in [-0.2, -0.15) is 0 Å². The Morgan fingerprint density at radius 2 is 2.00 bits per heavy atom. The van der Waals surface area contributed by atoms with E-state index in [1.165, 1.54) is 0 Å². The Morgan fingerprint density at radius 3 is 2.64 bits per heavy atom. The number of nitrogens with zero attached hydrogens (tertiary/aromatic N) is 3. The van der Waals surface area contributed by atoms with Crippen LogP contribution in [0.4, 0.5) is 5.69 Å². The molecule has 1 aliphatic rings. The van der Waals surface area contributed by atoms with Gasteiger partial charge in [-0.25, -0.2) is 4.98 Å². The van der Waals surface area contributed by atoms with E-state index in [1.807, 2.05) is 24.4 Å². The maximum Gasteiger partial charge on any atom is 0.213 e. The molecule has 3 heterocycles. The van der Waals surface area contributed by atoms with Crippen molar-refractivity contribution in [3.05, 3.63) is 42.9 Å². The van der Waals surface area contributed by atoms with Crippen LogP contribution in [0.2, 0.25) is 0 Å². The second-order valence-corrected chi connectivity index (χ2v) is 5.55. The molecule has 116 valence electrons. The van der Waals surface area contributed by atoms with Gasteiger partial charge < -0.3 is 14.4 Å². The van der Waals surface area contributed by atoms with Crippen LogP contribution in [0, 0.1) is 0 Å². The summed E-state index contributed by atoms with van der Waals surface area (Å²) in [5.41, 5.74) is 1.13. The van der Waals surface area contributed by atoms with Crippen LogP contribution in [0.3, 0.4) is 0 Å². The summed E-state index contributed by atoms with van der Waals surface area (Å²) in [6.45, 7) is 3.19. The molecule has 1 aliphatic heterocycles. The van der Waals surface area contributed by atoms with Gasteiger partial charge in [0.25, 0.3) is 0 Å². The molecule has 0 aliphatic carbocycles. The van der Waals surface area contributed by atoms with E-state index >= 15 is 0 Å². The highest BCUT2D eigenvalue weighted by Crippen LogP contribution is 2.27. The highest BCUT2D eigenvalue weighted by Gasteiger charge is 2.27. The smallest absolute Gasteiger partial charge is 0.213 e. The predicted octanol–water partition coefficient (Wildman–Crippen LogP) is 2.92. The van der Waals surface area contributed by atoms with Gasteiger partial charge in [0, 0.05) is 43.9 Å². The number of methoxy groups -OCH3 is 1. The van der Waals surface area contributed by atoms with Crippen LogP contribution < -0.4 is 14.4 Å². The van der Waals surface area contributed by atoms with Crippen molar-refractivity contribution < 1.29 is 9.47 Å². The van der Waals surface area contributed by atoms with Crippen molar-refractivity contribution in [1.29, 1.82) is 0 Å². The van der Waals surface area contributed by atoms with Crippen molar-refractivity contribution in [3.8, 4) is 11.6 Å². The molecule has 0 radical (unpaired) electrons. The molecular weight excluding hydrogens is 278 g/mol. The van der Waals surface area contributed by atoms with Crippen molar-refractivity contribution in [1.82, 2.24) is 9.97 Å². The van der Waals surface area contributed by atoms with E-state index in [0.717, 1.165) is 30.8 Å². The predicted molar refractivity (Wildman–Crippen MR) is 85.5 cm³/mol. The Morgan fingerprint density at radius 1 is 1.18 bits per heavy atom. The quantitative estimate of drug-likeness (QED) is 0.868. The third kappa shape index (κ3) is 3.30. The van der Waals surface area contributed by atoms with Crippen molar-refractivity contribution in [2.75, 3.05) is 18.6 Å². The van der Waals surface area contributed by atoms with Crippen LogP contribution in [-0.2, 0) is 0 Å². The lowest BCUT2D eigenvalue weighted by Gasteiger charge is -2.39. The van der Waals surface area contributed by atoms with E-state index in [2.05, 4.69) is 27.9 Å². The molecular formula is C17H21N3O2. The summed E-state index contributed by atoms with van der Waals surface area (Å²) in [7, 11) is 1.63. The maximum absolute atomic E-state index is 6.04. The maximum atomic E-state index is 6.04. The third-order valence-corrected chi connectivity index (χ3v) is 4.04. The minimum absolute atomic E-state index is 0.250. The summed E-state index contributed by atoms with van der Waals surface area (Å²) in [5, 5.41) is 0. The lowest BCUT2D eigenvalue weighted by atomic mass is 10.00. The SMILES string of the molecule is COc1ccc(N2CCC(Oc3ccncc3)CC2C)cn1. The van der Waals surface area contributed by atoms with Crippen LogP contribution in [0.25, 0.3) is 0 Å². The summed E-state index contributed by atoms with van der Waals surface area (Å²) < 4.78 is 11.2. The van der Waals surface area contributed by atoms with Gasteiger partial charge >= 0.3 is 0 Å². The zero-order valence-electron chi connectivity index (χ0n) is 13.0. The number of hydrogen-bond acceptors (Lipinski definition) is 5. The summed E-state index contributed by atoms with van der Waals surface area (Å²) in [6, 6.07) is 8.19. The number of pyridine rings is 2. The minimum atomic E-state index is 0.250. The molecule has 5 heteroatoms. The van der Waals surface area contributed by atoms with Crippen LogP contribution in [-0.4, -0.2) is 35.8 Å². The second-order valence-electron chi connectivity index (χ2n) is 5.55. The van der Waals surface area contributed by atoms with Crippen LogP contribution >= 0.6 is 0 Å². The fourth-order valence-corrected chi connectivity index (χ4v) is 2.89. The number of hydrogen-bond donors (Lipinski definition) is 0. The Bertz CT molecular complexity index is 589. The zero-order chi connectivity index (χ0) is 15.4. The van der Waals surface area contributed by atoms with Crippen molar-refractivity contribution in [2.45, 2.75) is 31.9 Å². The van der Waals surface area contributed by atoms with E-state index in [1.54, 1.807) is 19.5 Å². The normalized spacial score (nSPS) is 21.5. The third-order valence-electron chi connectivity index (χ3n) is 4.04. The molecule has 2 aromatic heterocycles. The topological polar surface area (TPSA) is 47.5 Å². The monoisotopic (exact) mass is 299 g/mol. The van der Waals surface area contributed by atoms with Gasteiger partial charge in [-0.3, -0.25) is 4.98 Å². The first-order chi connectivity index (χ1) is 10.8. The molecule has 1 fully saturated rings. The lowest BCUT2D eigenvalue weighted by molar-refractivity contribution is 0.155. The lowest BCUT2D eigenvalue weighted by Crippen LogP contribution is -2.44. The number of ether oxygens (including phenoxy) is 2. The molecule has 1 saturated heterocycles. The molecule has 0 bridgehead atoms. The van der Waals surface area contributed by atoms with Gasteiger partial charge in [0.15, 0.2) is 0 Å². The first kappa shape index (κ1) is 14.6. The van der Waals surface area contributed by atoms with Crippen LogP contribution in [0.15, 0.2) is 42.9 Å². The molecule has 2 unspecified atom stereocenters. The van der Waals surface area contributed by atoms with Gasteiger partial charge in [-0.1, -0.05) is 0 Å². The Labute approximate surface area is 130 Å². The number of rotatable bonds is 4. The van der Waals surface area contributed by atoms with Crippen molar-refractivity contribution in [2.24, 2.45) is 0 Å². The average Bonchev–Trinajstić information content (AvgIpc) is 2.56. The molecule has 0 saturated carbocycles. The Hall–Kier alpha value is -2.30. The first-order valence-electron chi connectivity index (χ1n) is 7.59. The van der Waals surface area contributed by atoms with Gasteiger partial charge in [-0.05, 0) is 25.1 Å². The van der Waals surface area contributed by atoms with Crippen LogP contribution in [0.1, 0.15) is 19.8 Å². The summed E-state index contributed by atoms with van der Waals surface area (Å²) in [6.07, 6.45) is 7.64. The molecule has 2 aromatic rings. The molecule has 0 spiro atoms. The van der Waals surface area contributed by atoms with E-state index in [-0.39, 0.29) is 6.10 Å². The summed E-state index contributed by atoms with van der Waals surface area (Å²) in [5.74, 6) is 1.54. The molecule has 5 nitrogen and oxygen atoms in total. The molecule has 0 aromatic carbocycles. The first-order valence-corrected chi connectivity index (χ1v) is 7.59. The summed E-state index contributed by atoms with van der Waals surface area (Å²) >= 11 is 0. The van der Waals surface area contributed by atoms with Crippen molar-refractivity contribution in [3.63, 3.8) is 0 Å². The van der Waals surface area contributed by atoms with Crippen LogP contribution in [0.5, 0.6) is 11.6 Å². The number of piperidine rings is 1. The molecule has 0 amide bonds. The standard InChI is InChI=1S/C17H21N3O2/c1-13-11-16(22-15-5-8-18-9-6-15)7-10-20(13)14-3-4-17(21-2)19-12-14/h3-6,8-9,12-13,16H,7,10-11H2,1-2H3. The van der Waals surface area contributed by atoms with E-state index < -0.39 is 0 Å². The van der Waals surface area contributed by atoms with E-state index in [9.17, 15) is 0 Å². The fraction of sp³-hybridized carbons (Fsp3) is 0.412. The highest BCUT2D eigenvalue weighted by atomic mass is 16.5. The fourth-order valence-electron chi connectivity index (χ4n) is 2.89. The molecule has 3 rings (SSSR count). The summed E-state index contributed by atoms with van der Waals surface area (Å²) in [4.78, 5) is 10.7. The average molecular weight is 299 g/mol. The zero-order valence-corrected chi connectivity index (χ0v) is 13.0. The van der Waals surface area contributed by atoms with Gasteiger partial charge in [-0.15, -0.1) is 0 Å². The minimum Gasteiger partial charge on any atom is -0.490 e. The Balaban J connectivity index is 1.62.